The summed E-state index contributed by atoms with van der Waals surface area (Å²) in [6, 6.07) is 9.19. The van der Waals surface area contributed by atoms with Crippen molar-refractivity contribution in [3.8, 4) is 0 Å². The fourth-order valence-corrected chi connectivity index (χ4v) is 1.51. The van der Waals surface area contributed by atoms with Gasteiger partial charge in [-0.15, -0.1) is 0 Å². The van der Waals surface area contributed by atoms with Crippen molar-refractivity contribution in [2.75, 3.05) is 0 Å². The van der Waals surface area contributed by atoms with Gasteiger partial charge in [0.1, 0.15) is 11.4 Å². The van der Waals surface area contributed by atoms with Gasteiger partial charge in [-0.1, -0.05) is 18.2 Å². The standard InChI is InChI=1S/C13H11FN2O2/c14-12-6-2-1-4-10(12)8-15-13(17)11-5-3-7-16(18)9-11/h1-7,9H,8H2,(H,15,17). The van der Waals surface area contributed by atoms with Gasteiger partial charge in [0.15, 0.2) is 12.4 Å². The van der Waals surface area contributed by atoms with Crippen molar-refractivity contribution >= 4 is 5.91 Å². The second-order valence-corrected chi connectivity index (χ2v) is 3.73. The minimum atomic E-state index is -0.413. The van der Waals surface area contributed by atoms with Gasteiger partial charge < -0.3 is 10.5 Å². The maximum Gasteiger partial charge on any atom is 0.257 e. The van der Waals surface area contributed by atoms with Crippen molar-refractivity contribution in [3.05, 3.63) is 70.9 Å². The predicted molar refractivity (Wildman–Crippen MR) is 63.0 cm³/mol. The summed E-state index contributed by atoms with van der Waals surface area (Å²) >= 11 is 0. The Balaban J connectivity index is 2.03. The number of nitrogens with zero attached hydrogens (tertiary/aromatic N) is 1. The molecule has 0 spiro atoms. The van der Waals surface area contributed by atoms with Gasteiger partial charge in [-0.05, 0) is 12.1 Å². The van der Waals surface area contributed by atoms with Crippen LogP contribution in [-0.2, 0) is 6.54 Å². The second-order valence-electron chi connectivity index (χ2n) is 3.73. The molecule has 92 valence electrons. The monoisotopic (exact) mass is 246 g/mol. The van der Waals surface area contributed by atoms with Crippen molar-refractivity contribution in [1.29, 1.82) is 0 Å². The number of aromatic nitrogens is 1. The number of benzene rings is 1. The highest BCUT2D eigenvalue weighted by molar-refractivity contribution is 5.93. The molecule has 1 N–H and O–H groups in total. The summed E-state index contributed by atoms with van der Waals surface area (Å²) in [5.74, 6) is -0.784. The third-order valence-corrected chi connectivity index (χ3v) is 2.43. The van der Waals surface area contributed by atoms with E-state index >= 15 is 0 Å². The molecule has 0 unspecified atom stereocenters. The average Bonchev–Trinajstić information content (AvgIpc) is 2.37. The molecule has 0 aliphatic carbocycles. The molecule has 0 aliphatic rings. The van der Waals surface area contributed by atoms with Crippen LogP contribution in [0.2, 0.25) is 0 Å². The number of pyridine rings is 1. The van der Waals surface area contributed by atoms with Gasteiger partial charge in [0.2, 0.25) is 0 Å². The molecule has 0 fully saturated rings. The van der Waals surface area contributed by atoms with Gasteiger partial charge in [0.05, 0.1) is 0 Å². The first-order chi connectivity index (χ1) is 8.66. The molecule has 1 aromatic carbocycles. The Hall–Kier alpha value is -2.43. The Bertz CT molecular complexity index is 572. The van der Waals surface area contributed by atoms with Crippen LogP contribution in [0.3, 0.4) is 0 Å². The molecular weight excluding hydrogens is 235 g/mol. The number of carbonyl (C=O) groups is 1. The van der Waals surface area contributed by atoms with Crippen LogP contribution in [0.1, 0.15) is 15.9 Å². The minimum Gasteiger partial charge on any atom is -0.619 e. The molecular formula is C13H11FN2O2. The molecule has 0 atom stereocenters. The molecule has 4 nitrogen and oxygen atoms in total. The molecule has 1 heterocycles. The second kappa shape index (κ2) is 5.27. The largest absolute Gasteiger partial charge is 0.619 e. The number of nitrogens with one attached hydrogen (secondary N) is 1. The van der Waals surface area contributed by atoms with E-state index in [0.29, 0.717) is 10.3 Å². The Morgan fingerprint density at radius 1 is 1.28 bits per heavy atom. The summed E-state index contributed by atoms with van der Waals surface area (Å²) in [7, 11) is 0. The first-order valence-corrected chi connectivity index (χ1v) is 5.37. The topological polar surface area (TPSA) is 56.0 Å². The number of carbonyl (C=O) groups excluding carboxylic acids is 1. The quantitative estimate of drug-likeness (QED) is 0.657. The Morgan fingerprint density at radius 3 is 2.78 bits per heavy atom. The number of hydrogen-bond donors (Lipinski definition) is 1. The summed E-state index contributed by atoms with van der Waals surface area (Å²) < 4.78 is 13.8. The van der Waals surface area contributed by atoms with Crippen LogP contribution >= 0.6 is 0 Å². The first kappa shape index (κ1) is 12.0. The van der Waals surface area contributed by atoms with E-state index < -0.39 is 5.91 Å². The van der Waals surface area contributed by atoms with Crippen molar-refractivity contribution < 1.29 is 13.9 Å². The number of hydrogen-bond acceptors (Lipinski definition) is 2. The molecule has 2 aromatic rings. The van der Waals surface area contributed by atoms with Gasteiger partial charge >= 0.3 is 0 Å². The van der Waals surface area contributed by atoms with Crippen LogP contribution in [0.15, 0.2) is 48.8 Å². The van der Waals surface area contributed by atoms with Gasteiger partial charge in [-0.3, -0.25) is 4.79 Å². The molecule has 18 heavy (non-hydrogen) atoms. The lowest BCUT2D eigenvalue weighted by atomic mass is 10.2. The van der Waals surface area contributed by atoms with Crippen molar-refractivity contribution in [2.45, 2.75) is 6.54 Å². The molecule has 0 radical (unpaired) electrons. The molecule has 1 amide bonds. The van der Waals surface area contributed by atoms with E-state index in [0.717, 1.165) is 6.20 Å². The highest BCUT2D eigenvalue weighted by Crippen LogP contribution is 2.06. The first-order valence-electron chi connectivity index (χ1n) is 5.37. The Kier molecular flexibility index (Phi) is 3.52. The Labute approximate surface area is 103 Å². The normalized spacial score (nSPS) is 10.1. The molecule has 2 rings (SSSR count). The highest BCUT2D eigenvalue weighted by Gasteiger charge is 2.09. The molecule has 0 bridgehead atoms. The van der Waals surface area contributed by atoms with Crippen LogP contribution < -0.4 is 10.0 Å². The number of amides is 1. The third kappa shape index (κ3) is 2.82. The van der Waals surface area contributed by atoms with Gasteiger partial charge in [0.25, 0.3) is 5.91 Å². The summed E-state index contributed by atoms with van der Waals surface area (Å²) in [6.07, 6.45) is 2.45. The smallest absolute Gasteiger partial charge is 0.257 e. The number of rotatable bonds is 3. The zero-order valence-electron chi connectivity index (χ0n) is 9.47. The van der Waals surface area contributed by atoms with E-state index in [-0.39, 0.29) is 17.9 Å². The van der Waals surface area contributed by atoms with Crippen LogP contribution in [-0.4, -0.2) is 5.91 Å². The van der Waals surface area contributed by atoms with Crippen molar-refractivity contribution in [1.82, 2.24) is 5.32 Å². The number of halogens is 1. The predicted octanol–water partition coefficient (Wildman–Crippen LogP) is 1.39. The van der Waals surface area contributed by atoms with E-state index in [4.69, 9.17) is 0 Å². The van der Waals surface area contributed by atoms with Crippen LogP contribution in [0.4, 0.5) is 4.39 Å². The van der Waals surface area contributed by atoms with Crippen LogP contribution in [0.5, 0.6) is 0 Å². The highest BCUT2D eigenvalue weighted by atomic mass is 19.1. The lowest BCUT2D eigenvalue weighted by molar-refractivity contribution is -0.605. The molecule has 0 saturated heterocycles. The van der Waals surface area contributed by atoms with E-state index in [2.05, 4.69) is 5.32 Å². The zero-order valence-corrected chi connectivity index (χ0v) is 9.47. The SMILES string of the molecule is O=C(NCc1ccccc1F)c1ccc[n+]([O-])c1. The van der Waals surface area contributed by atoms with Gasteiger partial charge in [-0.2, -0.15) is 4.73 Å². The van der Waals surface area contributed by atoms with Crippen molar-refractivity contribution in [2.24, 2.45) is 0 Å². The molecule has 5 heteroatoms. The fourth-order valence-electron chi connectivity index (χ4n) is 1.51. The lowest BCUT2D eigenvalue weighted by Crippen LogP contribution is -2.29. The Morgan fingerprint density at radius 2 is 2.06 bits per heavy atom. The van der Waals surface area contributed by atoms with E-state index in [1.807, 2.05) is 0 Å². The summed E-state index contributed by atoms with van der Waals surface area (Å²) in [5, 5.41) is 13.6. The molecule has 0 aliphatic heterocycles. The van der Waals surface area contributed by atoms with E-state index in [9.17, 15) is 14.4 Å². The van der Waals surface area contributed by atoms with E-state index in [1.54, 1.807) is 18.2 Å². The zero-order chi connectivity index (χ0) is 13.0. The molecule has 0 saturated carbocycles. The lowest BCUT2D eigenvalue weighted by Gasteiger charge is -2.05. The summed E-state index contributed by atoms with van der Waals surface area (Å²) in [4.78, 5) is 11.7. The third-order valence-electron chi connectivity index (χ3n) is 2.43. The summed E-state index contributed by atoms with van der Waals surface area (Å²) in [6.45, 7) is 0.0826. The van der Waals surface area contributed by atoms with Crippen molar-refractivity contribution in [3.63, 3.8) is 0 Å². The summed E-state index contributed by atoms with van der Waals surface area (Å²) in [5.41, 5.74) is 0.639. The van der Waals surface area contributed by atoms with Crippen LogP contribution in [0.25, 0.3) is 0 Å². The maximum absolute atomic E-state index is 13.3. The minimum absolute atomic E-state index is 0.0826. The van der Waals surface area contributed by atoms with E-state index in [1.165, 1.54) is 24.4 Å². The average molecular weight is 246 g/mol. The maximum atomic E-state index is 13.3. The fraction of sp³-hybridized carbons (Fsp3) is 0.0769. The molecule has 1 aromatic heterocycles. The van der Waals surface area contributed by atoms with Crippen LogP contribution in [0, 0.1) is 11.0 Å². The van der Waals surface area contributed by atoms with Gasteiger partial charge in [-0.25, -0.2) is 4.39 Å². The van der Waals surface area contributed by atoms with Gasteiger partial charge in [0, 0.05) is 18.2 Å².